The van der Waals surface area contributed by atoms with Crippen molar-refractivity contribution in [1.29, 1.82) is 0 Å². The van der Waals surface area contributed by atoms with Crippen LogP contribution in [0.15, 0.2) is 23.7 Å². The standard InChI is InChI=1S/C22H28N2O3S/c25-21(14-27-22(26)16-11-12-19-20(13-16)28-15-23-19)24(17-7-3-1-4-8-17)18-9-5-2-6-10-18/h11-13,15,17-18H,1-10,14H2. The van der Waals surface area contributed by atoms with Crippen molar-refractivity contribution in [2.24, 2.45) is 0 Å². The molecule has 4 rings (SSSR count). The Kier molecular flexibility index (Phi) is 6.25. The van der Waals surface area contributed by atoms with Crippen LogP contribution in [0.25, 0.3) is 10.2 Å². The van der Waals surface area contributed by atoms with Crippen LogP contribution in [0.2, 0.25) is 0 Å². The van der Waals surface area contributed by atoms with Crippen LogP contribution in [0.3, 0.4) is 0 Å². The fraction of sp³-hybridized carbons (Fsp3) is 0.591. The Morgan fingerprint density at radius 2 is 1.64 bits per heavy atom. The summed E-state index contributed by atoms with van der Waals surface area (Å²) in [5.74, 6) is -0.457. The maximum Gasteiger partial charge on any atom is 0.338 e. The van der Waals surface area contributed by atoms with Gasteiger partial charge >= 0.3 is 5.97 Å². The number of benzene rings is 1. The molecule has 5 nitrogen and oxygen atoms in total. The van der Waals surface area contributed by atoms with E-state index in [4.69, 9.17) is 4.74 Å². The number of carbonyl (C=O) groups excluding carboxylic acids is 2. The van der Waals surface area contributed by atoms with Crippen LogP contribution in [0, 0.1) is 0 Å². The molecule has 2 fully saturated rings. The van der Waals surface area contributed by atoms with Crippen molar-refractivity contribution in [3.8, 4) is 0 Å². The lowest BCUT2D eigenvalue weighted by Gasteiger charge is -2.41. The molecule has 0 saturated heterocycles. The molecule has 2 aliphatic rings. The molecule has 1 aromatic heterocycles. The van der Waals surface area contributed by atoms with Crippen LogP contribution < -0.4 is 0 Å². The fourth-order valence-corrected chi connectivity index (χ4v) is 5.41. The quantitative estimate of drug-likeness (QED) is 0.667. The molecule has 0 atom stereocenters. The summed E-state index contributed by atoms with van der Waals surface area (Å²) >= 11 is 1.49. The Morgan fingerprint density at radius 1 is 1.00 bits per heavy atom. The maximum absolute atomic E-state index is 13.1. The van der Waals surface area contributed by atoms with Gasteiger partial charge in [-0.15, -0.1) is 11.3 Å². The first-order valence-corrected chi connectivity index (χ1v) is 11.4. The van der Waals surface area contributed by atoms with Gasteiger partial charge in [-0.05, 0) is 43.9 Å². The smallest absolute Gasteiger partial charge is 0.338 e. The third-order valence-corrected chi connectivity index (χ3v) is 6.91. The first-order valence-electron chi connectivity index (χ1n) is 10.5. The summed E-state index contributed by atoms with van der Waals surface area (Å²) in [6, 6.07) is 5.96. The van der Waals surface area contributed by atoms with Crippen LogP contribution in [-0.2, 0) is 9.53 Å². The molecule has 150 valence electrons. The van der Waals surface area contributed by atoms with Crippen LogP contribution in [0.5, 0.6) is 0 Å². The molecule has 0 unspecified atom stereocenters. The van der Waals surface area contributed by atoms with Gasteiger partial charge in [-0.2, -0.15) is 0 Å². The molecule has 28 heavy (non-hydrogen) atoms. The number of carbonyl (C=O) groups is 2. The summed E-state index contributed by atoms with van der Waals surface area (Å²) in [7, 11) is 0. The summed E-state index contributed by atoms with van der Waals surface area (Å²) in [6.07, 6.45) is 11.6. The van der Waals surface area contributed by atoms with Crippen LogP contribution in [-0.4, -0.2) is 40.5 Å². The van der Waals surface area contributed by atoms with Crippen molar-refractivity contribution in [3.63, 3.8) is 0 Å². The van der Waals surface area contributed by atoms with E-state index in [0.717, 1.165) is 35.9 Å². The second-order valence-electron chi connectivity index (χ2n) is 8.00. The molecular weight excluding hydrogens is 372 g/mol. The lowest BCUT2D eigenvalue weighted by Crippen LogP contribution is -2.50. The number of thiazole rings is 1. The van der Waals surface area contributed by atoms with Crippen molar-refractivity contribution in [2.45, 2.75) is 76.3 Å². The summed E-state index contributed by atoms with van der Waals surface area (Å²) < 4.78 is 6.38. The van der Waals surface area contributed by atoms with Crippen molar-refractivity contribution >= 4 is 33.4 Å². The Morgan fingerprint density at radius 3 is 2.29 bits per heavy atom. The SMILES string of the molecule is O=C(OCC(=O)N(C1CCCCC1)C1CCCCC1)c1ccc2ncsc2c1. The minimum absolute atomic E-state index is 0.0222. The average molecular weight is 401 g/mol. The third kappa shape index (κ3) is 4.37. The van der Waals surface area contributed by atoms with Crippen molar-refractivity contribution in [2.75, 3.05) is 6.61 Å². The third-order valence-electron chi connectivity index (χ3n) is 6.12. The Bertz CT molecular complexity index is 804. The Hall–Kier alpha value is -1.95. The van der Waals surface area contributed by atoms with E-state index < -0.39 is 5.97 Å². The second kappa shape index (κ2) is 9.03. The molecule has 2 aromatic rings. The molecule has 0 N–H and O–H groups in total. The van der Waals surface area contributed by atoms with E-state index in [-0.39, 0.29) is 12.5 Å². The van der Waals surface area contributed by atoms with Crippen molar-refractivity contribution in [3.05, 3.63) is 29.3 Å². The van der Waals surface area contributed by atoms with Gasteiger partial charge in [-0.25, -0.2) is 9.78 Å². The lowest BCUT2D eigenvalue weighted by atomic mass is 9.88. The number of rotatable bonds is 5. The molecule has 0 spiro atoms. The highest BCUT2D eigenvalue weighted by Crippen LogP contribution is 2.30. The number of fused-ring (bicyclic) bond motifs is 1. The first kappa shape index (κ1) is 19.4. The molecule has 2 aliphatic carbocycles. The average Bonchev–Trinajstić information content (AvgIpc) is 3.22. The largest absolute Gasteiger partial charge is 0.452 e. The molecule has 1 aromatic carbocycles. The van der Waals surface area contributed by atoms with Gasteiger partial charge in [-0.1, -0.05) is 38.5 Å². The summed E-state index contributed by atoms with van der Waals surface area (Å²) in [4.78, 5) is 31.9. The van der Waals surface area contributed by atoms with Crippen molar-refractivity contribution in [1.82, 2.24) is 9.88 Å². The predicted octanol–water partition coefficient (Wildman–Crippen LogP) is 4.95. The first-order chi connectivity index (χ1) is 13.7. The topological polar surface area (TPSA) is 59.5 Å². The monoisotopic (exact) mass is 400 g/mol. The number of aromatic nitrogens is 1. The number of nitrogens with zero attached hydrogens (tertiary/aromatic N) is 2. The minimum Gasteiger partial charge on any atom is -0.452 e. The van der Waals surface area contributed by atoms with Gasteiger partial charge in [0, 0.05) is 12.1 Å². The minimum atomic E-state index is -0.434. The molecule has 1 amide bonds. The Labute approximate surface area is 170 Å². The number of esters is 1. The maximum atomic E-state index is 13.1. The van der Waals surface area contributed by atoms with Gasteiger partial charge in [0.1, 0.15) is 0 Å². The van der Waals surface area contributed by atoms with Gasteiger partial charge in [0.25, 0.3) is 5.91 Å². The van der Waals surface area contributed by atoms with Crippen LogP contribution >= 0.6 is 11.3 Å². The predicted molar refractivity (Wildman–Crippen MR) is 110 cm³/mol. The molecule has 0 radical (unpaired) electrons. The molecule has 0 aliphatic heterocycles. The van der Waals surface area contributed by atoms with Gasteiger partial charge < -0.3 is 9.64 Å². The summed E-state index contributed by atoms with van der Waals surface area (Å²) in [6.45, 7) is -0.160. The van der Waals surface area contributed by atoms with E-state index in [0.29, 0.717) is 17.6 Å². The zero-order valence-electron chi connectivity index (χ0n) is 16.3. The zero-order valence-corrected chi connectivity index (χ0v) is 17.1. The van der Waals surface area contributed by atoms with E-state index in [1.165, 1.54) is 49.9 Å². The van der Waals surface area contributed by atoms with Crippen LogP contribution in [0.1, 0.15) is 74.6 Å². The second-order valence-corrected chi connectivity index (χ2v) is 8.88. The Balaban J connectivity index is 1.41. The van der Waals surface area contributed by atoms with Crippen LogP contribution in [0.4, 0.5) is 0 Å². The van der Waals surface area contributed by atoms with E-state index in [2.05, 4.69) is 9.88 Å². The van der Waals surface area contributed by atoms with E-state index in [1.54, 1.807) is 17.6 Å². The normalized spacial score (nSPS) is 18.9. The van der Waals surface area contributed by atoms with E-state index >= 15 is 0 Å². The van der Waals surface area contributed by atoms with Gasteiger partial charge in [-0.3, -0.25) is 4.79 Å². The molecule has 0 bridgehead atoms. The number of hydrogen-bond donors (Lipinski definition) is 0. The summed E-state index contributed by atoms with van der Waals surface area (Å²) in [5, 5.41) is 0. The molecule has 1 heterocycles. The number of amides is 1. The highest BCUT2D eigenvalue weighted by Gasteiger charge is 2.32. The number of hydrogen-bond acceptors (Lipinski definition) is 5. The van der Waals surface area contributed by atoms with E-state index in [1.807, 2.05) is 6.07 Å². The van der Waals surface area contributed by atoms with Gasteiger partial charge in [0.15, 0.2) is 6.61 Å². The lowest BCUT2D eigenvalue weighted by molar-refractivity contribution is -0.141. The summed E-state index contributed by atoms with van der Waals surface area (Å²) in [5.41, 5.74) is 3.11. The molecule has 2 saturated carbocycles. The number of ether oxygens (including phenoxy) is 1. The van der Waals surface area contributed by atoms with Gasteiger partial charge in [0.2, 0.25) is 0 Å². The zero-order chi connectivity index (χ0) is 19.3. The fourth-order valence-electron chi connectivity index (χ4n) is 4.69. The highest BCUT2D eigenvalue weighted by molar-refractivity contribution is 7.16. The van der Waals surface area contributed by atoms with Gasteiger partial charge in [0.05, 0.1) is 21.3 Å². The molecular formula is C22H28N2O3S. The highest BCUT2D eigenvalue weighted by atomic mass is 32.1. The van der Waals surface area contributed by atoms with Crippen molar-refractivity contribution < 1.29 is 14.3 Å². The van der Waals surface area contributed by atoms with E-state index in [9.17, 15) is 9.59 Å². The molecule has 6 heteroatoms.